The Kier molecular flexibility index (Phi) is 5.55. The average Bonchev–Trinajstić information content (AvgIpc) is 2.82. The van der Waals surface area contributed by atoms with Gasteiger partial charge in [-0.2, -0.15) is 0 Å². The molecule has 0 unspecified atom stereocenters. The summed E-state index contributed by atoms with van der Waals surface area (Å²) in [5.74, 6) is 2.39. The molecule has 0 saturated heterocycles. The molecule has 0 aromatic heterocycles. The van der Waals surface area contributed by atoms with Gasteiger partial charge < -0.3 is 19.5 Å². The number of hydrogen-bond acceptors (Lipinski definition) is 4. The molecule has 1 N–H and O–H groups in total. The molecule has 0 aliphatic carbocycles. The van der Waals surface area contributed by atoms with Crippen LogP contribution in [0, 0.1) is 0 Å². The molecule has 5 heteroatoms. The van der Waals surface area contributed by atoms with E-state index in [1.807, 2.05) is 60.7 Å². The van der Waals surface area contributed by atoms with Crippen LogP contribution in [0.1, 0.15) is 11.1 Å². The van der Waals surface area contributed by atoms with Gasteiger partial charge in [0.2, 0.25) is 0 Å². The summed E-state index contributed by atoms with van der Waals surface area (Å²) in [6.45, 7) is 2.18. The first-order valence-electron chi connectivity index (χ1n) is 10.3. The molecule has 0 bridgehead atoms. The molecule has 1 aliphatic rings. The first-order chi connectivity index (χ1) is 15.3. The Morgan fingerprint density at radius 3 is 2.55 bits per heavy atom. The van der Waals surface area contributed by atoms with E-state index >= 15 is 0 Å². The lowest BCUT2D eigenvalue weighted by atomic mass is 10.0. The van der Waals surface area contributed by atoms with Crippen LogP contribution >= 0.6 is 11.6 Å². The van der Waals surface area contributed by atoms with E-state index in [0.29, 0.717) is 31.4 Å². The fourth-order valence-corrected chi connectivity index (χ4v) is 3.94. The highest BCUT2D eigenvalue weighted by Crippen LogP contribution is 2.34. The lowest BCUT2D eigenvalue weighted by molar-refractivity contribution is 0.171. The summed E-state index contributed by atoms with van der Waals surface area (Å²) in [5.41, 5.74) is 3.03. The lowest BCUT2D eigenvalue weighted by Gasteiger charge is -2.20. The zero-order valence-corrected chi connectivity index (χ0v) is 17.7. The second-order valence-corrected chi connectivity index (χ2v) is 7.76. The molecule has 1 aliphatic heterocycles. The van der Waals surface area contributed by atoms with E-state index in [-0.39, 0.29) is 0 Å². The van der Waals surface area contributed by atoms with Crippen LogP contribution in [-0.4, -0.2) is 13.2 Å². The SMILES string of the molecule is Clc1ccccc1COc1ccc2ccccc2c1CNc1ccc2c(c1)OCCO2. The monoisotopic (exact) mass is 431 g/mol. The van der Waals surface area contributed by atoms with Crippen LogP contribution in [0.25, 0.3) is 10.8 Å². The molecule has 4 aromatic rings. The Morgan fingerprint density at radius 1 is 0.839 bits per heavy atom. The van der Waals surface area contributed by atoms with Crippen molar-refractivity contribution in [1.82, 2.24) is 0 Å². The minimum Gasteiger partial charge on any atom is -0.488 e. The fraction of sp³-hybridized carbons (Fsp3) is 0.154. The maximum absolute atomic E-state index is 6.31. The molecule has 4 nitrogen and oxygen atoms in total. The van der Waals surface area contributed by atoms with Crippen LogP contribution in [0.3, 0.4) is 0 Å². The van der Waals surface area contributed by atoms with Crippen molar-refractivity contribution in [3.8, 4) is 17.2 Å². The van der Waals surface area contributed by atoms with Gasteiger partial charge in [-0.25, -0.2) is 0 Å². The summed E-state index contributed by atoms with van der Waals surface area (Å²) >= 11 is 6.31. The van der Waals surface area contributed by atoms with E-state index in [1.165, 1.54) is 5.39 Å². The van der Waals surface area contributed by atoms with Crippen molar-refractivity contribution in [3.63, 3.8) is 0 Å². The molecule has 0 radical (unpaired) electrons. The number of hydrogen-bond donors (Lipinski definition) is 1. The number of halogens is 1. The van der Waals surface area contributed by atoms with Gasteiger partial charge in [0.15, 0.2) is 11.5 Å². The molecule has 0 fully saturated rings. The highest BCUT2D eigenvalue weighted by molar-refractivity contribution is 6.31. The number of fused-ring (bicyclic) bond motifs is 2. The molecule has 0 atom stereocenters. The normalized spacial score (nSPS) is 12.5. The van der Waals surface area contributed by atoms with E-state index in [2.05, 4.69) is 23.5 Å². The maximum atomic E-state index is 6.31. The van der Waals surface area contributed by atoms with Crippen LogP contribution in [0.15, 0.2) is 78.9 Å². The van der Waals surface area contributed by atoms with Gasteiger partial charge in [-0.05, 0) is 35.0 Å². The van der Waals surface area contributed by atoms with Gasteiger partial charge in [-0.15, -0.1) is 0 Å². The summed E-state index contributed by atoms with van der Waals surface area (Å²) in [5, 5.41) is 6.55. The minimum atomic E-state index is 0.412. The summed E-state index contributed by atoms with van der Waals surface area (Å²) in [7, 11) is 0. The van der Waals surface area contributed by atoms with Gasteiger partial charge in [-0.3, -0.25) is 0 Å². The summed E-state index contributed by atoms with van der Waals surface area (Å²) < 4.78 is 17.5. The third-order valence-corrected chi connectivity index (χ3v) is 5.72. The lowest BCUT2D eigenvalue weighted by Crippen LogP contribution is -2.15. The topological polar surface area (TPSA) is 39.7 Å². The zero-order valence-electron chi connectivity index (χ0n) is 16.9. The third kappa shape index (κ3) is 4.25. The molecule has 5 rings (SSSR count). The van der Waals surface area contributed by atoms with E-state index in [9.17, 15) is 0 Å². The Balaban J connectivity index is 1.42. The first-order valence-corrected chi connectivity index (χ1v) is 10.7. The average molecular weight is 432 g/mol. The van der Waals surface area contributed by atoms with Crippen molar-refractivity contribution in [1.29, 1.82) is 0 Å². The third-order valence-electron chi connectivity index (χ3n) is 5.35. The molecule has 0 saturated carbocycles. The van der Waals surface area contributed by atoms with Gasteiger partial charge in [-0.1, -0.05) is 60.1 Å². The Hall–Kier alpha value is -3.37. The summed E-state index contributed by atoms with van der Waals surface area (Å²) in [6, 6.07) is 26.1. The zero-order chi connectivity index (χ0) is 21.0. The number of ether oxygens (including phenoxy) is 3. The predicted molar refractivity (Wildman–Crippen MR) is 124 cm³/mol. The molecular formula is C26H22ClNO3. The van der Waals surface area contributed by atoms with Crippen molar-refractivity contribution in [2.75, 3.05) is 18.5 Å². The summed E-state index contributed by atoms with van der Waals surface area (Å²) in [6.07, 6.45) is 0. The highest BCUT2D eigenvalue weighted by atomic mass is 35.5. The largest absolute Gasteiger partial charge is 0.488 e. The van der Waals surface area contributed by atoms with Crippen molar-refractivity contribution in [2.24, 2.45) is 0 Å². The van der Waals surface area contributed by atoms with E-state index in [4.69, 9.17) is 25.8 Å². The first kappa shape index (κ1) is 19.6. The van der Waals surface area contributed by atoms with Crippen molar-refractivity contribution < 1.29 is 14.2 Å². The molecule has 156 valence electrons. The van der Waals surface area contributed by atoms with E-state index in [1.54, 1.807) is 0 Å². The van der Waals surface area contributed by atoms with Gasteiger partial charge >= 0.3 is 0 Å². The minimum absolute atomic E-state index is 0.412. The second-order valence-electron chi connectivity index (χ2n) is 7.36. The second kappa shape index (κ2) is 8.78. The van der Waals surface area contributed by atoms with Gasteiger partial charge in [0.1, 0.15) is 25.6 Å². The molecule has 1 heterocycles. The molecule has 31 heavy (non-hydrogen) atoms. The van der Waals surface area contributed by atoms with Crippen LogP contribution in [0.2, 0.25) is 5.02 Å². The molecule has 0 spiro atoms. The molecule has 4 aromatic carbocycles. The van der Waals surface area contributed by atoms with Crippen LogP contribution in [-0.2, 0) is 13.2 Å². The van der Waals surface area contributed by atoms with E-state index < -0.39 is 0 Å². The van der Waals surface area contributed by atoms with Crippen LogP contribution < -0.4 is 19.5 Å². The van der Waals surface area contributed by atoms with Gasteiger partial charge in [0, 0.05) is 34.4 Å². The highest BCUT2D eigenvalue weighted by Gasteiger charge is 2.13. The quantitative estimate of drug-likeness (QED) is 0.380. The van der Waals surface area contributed by atoms with E-state index in [0.717, 1.165) is 39.4 Å². The predicted octanol–water partition coefficient (Wildman–Crippen LogP) is 6.46. The number of benzene rings is 4. The van der Waals surface area contributed by atoms with Crippen molar-refractivity contribution in [3.05, 3.63) is 95.0 Å². The van der Waals surface area contributed by atoms with Gasteiger partial charge in [0.05, 0.1) is 0 Å². The number of rotatable bonds is 6. The van der Waals surface area contributed by atoms with Crippen molar-refractivity contribution in [2.45, 2.75) is 13.2 Å². The number of anilines is 1. The molecular weight excluding hydrogens is 410 g/mol. The summed E-state index contributed by atoms with van der Waals surface area (Å²) in [4.78, 5) is 0. The Bertz CT molecular complexity index is 1220. The van der Waals surface area contributed by atoms with Crippen LogP contribution in [0.5, 0.6) is 17.2 Å². The maximum Gasteiger partial charge on any atom is 0.163 e. The van der Waals surface area contributed by atoms with Gasteiger partial charge in [0.25, 0.3) is 0 Å². The Labute approximate surface area is 186 Å². The fourth-order valence-electron chi connectivity index (χ4n) is 3.75. The molecule has 0 amide bonds. The van der Waals surface area contributed by atoms with Crippen molar-refractivity contribution >= 4 is 28.1 Å². The standard InChI is InChI=1S/C26H22ClNO3/c27-23-8-4-2-6-19(23)17-31-24-11-9-18-5-1-3-7-21(18)22(24)16-28-20-10-12-25-26(15-20)30-14-13-29-25/h1-12,15,28H,13-14,16-17H2. The smallest absolute Gasteiger partial charge is 0.163 e. The van der Waals surface area contributed by atoms with Crippen LogP contribution in [0.4, 0.5) is 5.69 Å². The Morgan fingerprint density at radius 2 is 1.65 bits per heavy atom. The number of nitrogens with one attached hydrogen (secondary N) is 1.